The van der Waals surface area contributed by atoms with Crippen LogP contribution in [0, 0.1) is 10.1 Å². The number of rotatable bonds is 5. The molecule has 6 heteroatoms. The van der Waals surface area contributed by atoms with Gasteiger partial charge in [-0.25, -0.2) is 0 Å². The van der Waals surface area contributed by atoms with Crippen molar-refractivity contribution in [2.24, 2.45) is 5.10 Å². The average molecular weight is 235 g/mol. The lowest BCUT2D eigenvalue weighted by molar-refractivity contribution is -0.384. The van der Waals surface area contributed by atoms with Gasteiger partial charge >= 0.3 is 0 Å². The third-order valence-electron chi connectivity index (χ3n) is 1.97. The molecule has 17 heavy (non-hydrogen) atoms. The molecule has 0 atom stereocenters. The Bertz CT molecular complexity index is 469. The van der Waals surface area contributed by atoms with Crippen molar-refractivity contribution < 1.29 is 9.72 Å². The molecule has 1 aromatic rings. The molecular formula is C11H13N3O3. The maximum Gasteiger partial charge on any atom is 0.294 e. The zero-order chi connectivity index (χ0) is 12.8. The highest BCUT2D eigenvalue weighted by atomic mass is 16.6. The molecule has 1 rings (SSSR count). The first-order chi connectivity index (χ1) is 8.00. The van der Waals surface area contributed by atoms with Gasteiger partial charge in [0.25, 0.3) is 5.69 Å². The molecule has 0 spiro atoms. The summed E-state index contributed by atoms with van der Waals surface area (Å²) in [5.74, 6) is -0.00406. The molecule has 0 heterocycles. The smallest absolute Gasteiger partial charge is 0.294 e. The van der Waals surface area contributed by atoms with Crippen molar-refractivity contribution in [3.63, 3.8) is 0 Å². The first kappa shape index (κ1) is 12.8. The molecular weight excluding hydrogens is 222 g/mol. The Morgan fingerprint density at radius 1 is 1.41 bits per heavy atom. The summed E-state index contributed by atoms with van der Waals surface area (Å²) in [6.07, 6.45) is 0.230. The fourth-order valence-electron chi connectivity index (χ4n) is 1.28. The molecule has 6 nitrogen and oxygen atoms in total. The van der Waals surface area contributed by atoms with Gasteiger partial charge in [0.05, 0.1) is 4.92 Å². The van der Waals surface area contributed by atoms with Crippen molar-refractivity contribution in [1.82, 2.24) is 0 Å². The quantitative estimate of drug-likeness (QED) is 0.482. The van der Waals surface area contributed by atoms with E-state index in [1.54, 1.807) is 25.1 Å². The molecule has 0 amide bonds. The molecule has 1 N–H and O–H groups in total. The Morgan fingerprint density at radius 3 is 2.65 bits per heavy atom. The van der Waals surface area contributed by atoms with Crippen LogP contribution in [0.1, 0.15) is 20.3 Å². The number of nitro benzene ring substituents is 1. The van der Waals surface area contributed by atoms with Gasteiger partial charge in [0.15, 0.2) is 0 Å². The second-order valence-corrected chi connectivity index (χ2v) is 3.61. The Balaban J connectivity index is 2.82. The fraction of sp³-hybridized carbons (Fsp3) is 0.273. The average Bonchev–Trinajstić information content (AvgIpc) is 2.25. The normalized spacial score (nSPS) is 11.1. The Morgan fingerprint density at radius 2 is 2.06 bits per heavy atom. The topological polar surface area (TPSA) is 84.6 Å². The number of carbonyl (C=O) groups is 1. The lowest BCUT2D eigenvalue weighted by Gasteiger charge is -2.02. The third kappa shape index (κ3) is 4.02. The first-order valence-corrected chi connectivity index (χ1v) is 5.02. The number of ketones is 1. The van der Waals surface area contributed by atoms with Gasteiger partial charge in [-0.1, -0.05) is 12.1 Å². The van der Waals surface area contributed by atoms with E-state index in [4.69, 9.17) is 0 Å². The van der Waals surface area contributed by atoms with Crippen molar-refractivity contribution in [2.45, 2.75) is 20.3 Å². The van der Waals surface area contributed by atoms with Crippen LogP contribution in [0.25, 0.3) is 0 Å². The van der Waals surface area contributed by atoms with E-state index in [0.717, 1.165) is 0 Å². The van der Waals surface area contributed by atoms with Gasteiger partial charge < -0.3 is 0 Å². The van der Waals surface area contributed by atoms with Crippen molar-refractivity contribution in [2.75, 3.05) is 5.43 Å². The van der Waals surface area contributed by atoms with Crippen LogP contribution in [-0.4, -0.2) is 16.4 Å². The highest BCUT2D eigenvalue weighted by Crippen LogP contribution is 2.22. The largest absolute Gasteiger partial charge is 0.300 e. The van der Waals surface area contributed by atoms with E-state index < -0.39 is 4.92 Å². The lowest BCUT2D eigenvalue weighted by Crippen LogP contribution is -2.04. The molecule has 0 aromatic heterocycles. The number of hydrogen-bond acceptors (Lipinski definition) is 5. The summed E-state index contributed by atoms with van der Waals surface area (Å²) in [6, 6.07) is 6.20. The molecule has 0 fully saturated rings. The standard InChI is InChI=1S/C11H13N3O3/c1-8(7-9(2)15)12-13-10-5-3-4-6-11(10)14(16)17/h3-6,13H,7H2,1-2H3. The van der Waals surface area contributed by atoms with Crippen molar-refractivity contribution in [3.8, 4) is 0 Å². The van der Waals surface area contributed by atoms with E-state index in [1.807, 2.05) is 0 Å². The summed E-state index contributed by atoms with van der Waals surface area (Å²) >= 11 is 0. The second-order valence-electron chi connectivity index (χ2n) is 3.61. The number of Topliss-reactive ketones (excluding diaryl/α,β-unsaturated/α-hetero) is 1. The van der Waals surface area contributed by atoms with Crippen LogP contribution in [-0.2, 0) is 4.79 Å². The number of hydrazone groups is 1. The van der Waals surface area contributed by atoms with Crippen LogP contribution >= 0.6 is 0 Å². The molecule has 1 aromatic carbocycles. The number of nitrogens with zero attached hydrogens (tertiary/aromatic N) is 2. The van der Waals surface area contributed by atoms with Gasteiger partial charge in [0.2, 0.25) is 0 Å². The van der Waals surface area contributed by atoms with Crippen molar-refractivity contribution in [3.05, 3.63) is 34.4 Å². The zero-order valence-corrected chi connectivity index (χ0v) is 9.64. The monoisotopic (exact) mass is 235 g/mol. The molecule has 0 saturated carbocycles. The second kappa shape index (κ2) is 5.74. The molecule has 0 aliphatic heterocycles. The predicted octanol–water partition coefficient (Wildman–Crippen LogP) is 2.36. The SMILES string of the molecule is CC(=O)CC(C)=NNc1ccccc1[N+](=O)[O-]. The van der Waals surface area contributed by atoms with Crippen molar-refractivity contribution >= 4 is 22.9 Å². The highest BCUT2D eigenvalue weighted by Gasteiger charge is 2.11. The Kier molecular flexibility index (Phi) is 4.33. The summed E-state index contributed by atoms with van der Waals surface area (Å²) in [6.45, 7) is 3.15. The van der Waals surface area contributed by atoms with Crippen LogP contribution in [0.3, 0.4) is 0 Å². The lowest BCUT2D eigenvalue weighted by atomic mass is 10.2. The summed E-state index contributed by atoms with van der Waals surface area (Å²) in [5, 5.41) is 14.6. The first-order valence-electron chi connectivity index (χ1n) is 5.02. The minimum absolute atomic E-state index is 0.00406. The number of nitrogens with one attached hydrogen (secondary N) is 1. The number of nitro groups is 1. The van der Waals surface area contributed by atoms with Gasteiger partial charge in [0, 0.05) is 18.2 Å². The fourth-order valence-corrected chi connectivity index (χ4v) is 1.28. The van der Waals surface area contributed by atoms with E-state index >= 15 is 0 Å². The van der Waals surface area contributed by atoms with E-state index in [0.29, 0.717) is 11.4 Å². The minimum Gasteiger partial charge on any atom is -0.300 e. The van der Waals surface area contributed by atoms with Crippen LogP contribution in [0.5, 0.6) is 0 Å². The van der Waals surface area contributed by atoms with Gasteiger partial charge in [-0.3, -0.25) is 20.3 Å². The zero-order valence-electron chi connectivity index (χ0n) is 9.64. The molecule has 0 unspecified atom stereocenters. The van der Waals surface area contributed by atoms with E-state index in [-0.39, 0.29) is 17.9 Å². The van der Waals surface area contributed by atoms with Crippen LogP contribution in [0.4, 0.5) is 11.4 Å². The summed E-state index contributed by atoms with van der Waals surface area (Å²) in [7, 11) is 0. The number of carbonyl (C=O) groups excluding carboxylic acids is 1. The summed E-state index contributed by atoms with van der Waals surface area (Å²) in [5.41, 5.74) is 3.43. The molecule has 0 aliphatic rings. The van der Waals surface area contributed by atoms with Crippen LogP contribution < -0.4 is 5.43 Å². The minimum atomic E-state index is -0.488. The molecule has 0 bridgehead atoms. The van der Waals surface area contributed by atoms with Gasteiger partial charge in [-0.05, 0) is 19.9 Å². The summed E-state index contributed by atoms with van der Waals surface area (Å²) < 4.78 is 0. The van der Waals surface area contributed by atoms with E-state index in [9.17, 15) is 14.9 Å². The number of para-hydroxylation sites is 2. The van der Waals surface area contributed by atoms with Crippen LogP contribution in [0.2, 0.25) is 0 Å². The van der Waals surface area contributed by atoms with Gasteiger partial charge in [-0.2, -0.15) is 5.10 Å². The Hall–Kier alpha value is -2.24. The molecule has 0 radical (unpaired) electrons. The number of benzene rings is 1. The van der Waals surface area contributed by atoms with E-state index in [2.05, 4.69) is 10.5 Å². The highest BCUT2D eigenvalue weighted by molar-refractivity contribution is 6.00. The molecule has 90 valence electrons. The summed E-state index contributed by atoms with van der Waals surface area (Å²) in [4.78, 5) is 21.0. The van der Waals surface area contributed by atoms with E-state index in [1.165, 1.54) is 13.0 Å². The van der Waals surface area contributed by atoms with Crippen molar-refractivity contribution in [1.29, 1.82) is 0 Å². The maximum atomic E-state index is 10.8. The number of hydrogen-bond donors (Lipinski definition) is 1. The van der Waals surface area contributed by atoms with Gasteiger partial charge in [0.1, 0.15) is 11.5 Å². The maximum absolute atomic E-state index is 10.8. The molecule has 0 saturated heterocycles. The third-order valence-corrected chi connectivity index (χ3v) is 1.97. The molecule has 0 aliphatic carbocycles. The Labute approximate surface area is 98.5 Å². The van der Waals surface area contributed by atoms with Crippen LogP contribution in [0.15, 0.2) is 29.4 Å². The predicted molar refractivity (Wildman–Crippen MR) is 65.1 cm³/mol. The van der Waals surface area contributed by atoms with Gasteiger partial charge in [-0.15, -0.1) is 0 Å². The number of anilines is 1.